The average Bonchev–Trinajstić information content (AvgIpc) is 3.20. The fraction of sp³-hybridized carbons (Fsp3) is 0.842. The van der Waals surface area contributed by atoms with Crippen LogP contribution in [0.2, 0.25) is 0 Å². The van der Waals surface area contributed by atoms with Crippen LogP contribution in [-0.2, 0) is 28.7 Å². The molecule has 0 radical (unpaired) electrons. The molecular weight excluding hydrogens is 760 g/mol. The van der Waals surface area contributed by atoms with Gasteiger partial charge in [0.2, 0.25) is 11.8 Å². The van der Waals surface area contributed by atoms with Gasteiger partial charge >= 0.3 is 11.9 Å². The minimum Gasteiger partial charge on any atom is -0.469 e. The molecular formula is C38H85BrN8O7. The molecule has 0 unspecified atom stereocenters. The van der Waals surface area contributed by atoms with Crippen LogP contribution in [-0.4, -0.2) is 196 Å². The Morgan fingerprint density at radius 1 is 0.556 bits per heavy atom. The number of aliphatic hydroxyl groups is 1. The molecule has 54 heavy (non-hydrogen) atoms. The van der Waals surface area contributed by atoms with Gasteiger partial charge in [-0.2, -0.15) is 0 Å². The predicted octanol–water partition coefficient (Wildman–Crippen LogP) is 2.29. The van der Waals surface area contributed by atoms with E-state index in [9.17, 15) is 19.2 Å². The molecule has 0 rings (SSSR count). The van der Waals surface area contributed by atoms with Gasteiger partial charge in [-0.05, 0) is 120 Å². The summed E-state index contributed by atoms with van der Waals surface area (Å²) < 4.78 is 8.86. The Hall–Kier alpha value is -2.18. The zero-order chi connectivity index (χ0) is 43.0. The van der Waals surface area contributed by atoms with E-state index in [4.69, 9.17) is 5.11 Å². The van der Waals surface area contributed by atoms with Crippen LogP contribution in [0.4, 0.5) is 0 Å². The van der Waals surface area contributed by atoms with Crippen LogP contribution in [0.25, 0.3) is 0 Å². The Kier molecular flexibility index (Phi) is 65.1. The van der Waals surface area contributed by atoms with Gasteiger partial charge in [0.05, 0.1) is 27.1 Å². The van der Waals surface area contributed by atoms with Crippen molar-refractivity contribution < 1.29 is 33.8 Å². The van der Waals surface area contributed by atoms with Crippen molar-refractivity contribution in [1.82, 2.24) is 40.9 Å². The maximum absolute atomic E-state index is 11.4. The van der Waals surface area contributed by atoms with Gasteiger partial charge in [0.15, 0.2) is 0 Å². The molecule has 326 valence electrons. The number of aliphatic hydroxyl groups excluding tert-OH is 1. The number of methoxy groups -OCH3 is 2. The summed E-state index contributed by atoms with van der Waals surface area (Å²) >= 11 is 3.17. The van der Waals surface area contributed by atoms with E-state index in [1.165, 1.54) is 40.2 Å². The molecule has 15 nitrogen and oxygen atoms in total. The molecule has 0 aliphatic heterocycles. The van der Waals surface area contributed by atoms with E-state index in [0.717, 1.165) is 71.2 Å². The Morgan fingerprint density at radius 2 is 0.889 bits per heavy atom. The van der Waals surface area contributed by atoms with Crippen molar-refractivity contribution in [2.45, 2.75) is 65.7 Å². The van der Waals surface area contributed by atoms with Gasteiger partial charge in [0.1, 0.15) is 0 Å². The molecule has 0 bridgehead atoms. The van der Waals surface area contributed by atoms with E-state index in [1.54, 1.807) is 0 Å². The molecule has 0 aromatic heterocycles. The van der Waals surface area contributed by atoms with Gasteiger partial charge in [0, 0.05) is 44.9 Å². The summed E-state index contributed by atoms with van der Waals surface area (Å²) in [6.45, 7) is 24.7. The van der Waals surface area contributed by atoms with Crippen LogP contribution in [0.5, 0.6) is 0 Å². The molecule has 0 aromatic rings. The van der Waals surface area contributed by atoms with E-state index in [-0.39, 0.29) is 49.4 Å². The number of carbonyl (C=O) groups excluding carboxylic acids is 4. The summed E-state index contributed by atoms with van der Waals surface area (Å²) in [5.41, 5.74) is 0. The minimum absolute atomic E-state index is 0.102. The zero-order valence-electron chi connectivity index (χ0n) is 36.6. The number of nitrogens with zero attached hydrogens (tertiary/aromatic N) is 4. The number of nitrogens with one attached hydrogen (secondary N) is 4. The molecule has 0 atom stereocenters. The topological polar surface area (TPSA) is 168 Å². The molecule has 0 heterocycles. The van der Waals surface area contributed by atoms with Crippen molar-refractivity contribution in [3.05, 3.63) is 13.2 Å². The van der Waals surface area contributed by atoms with Crippen molar-refractivity contribution in [3.63, 3.8) is 0 Å². The zero-order valence-corrected chi connectivity index (χ0v) is 38.2. The molecule has 0 aromatic carbocycles. The lowest BCUT2D eigenvalue weighted by Gasteiger charge is -2.19. The number of hydrogen-bond donors (Lipinski definition) is 5. The van der Waals surface area contributed by atoms with E-state index in [2.05, 4.69) is 121 Å². The number of hydrogen-bond acceptors (Lipinski definition) is 13. The summed E-state index contributed by atoms with van der Waals surface area (Å²) in [5, 5.41) is 19.4. The second-order valence-corrected chi connectivity index (χ2v) is 12.6. The first-order valence-electron chi connectivity index (χ1n) is 19.0. The fourth-order valence-corrected chi connectivity index (χ4v) is 3.83. The monoisotopic (exact) mass is 845 g/mol. The van der Waals surface area contributed by atoms with E-state index >= 15 is 0 Å². The third kappa shape index (κ3) is 61.8. The quantitative estimate of drug-likeness (QED) is 0.0373. The first-order chi connectivity index (χ1) is 25.8. The Labute approximate surface area is 339 Å². The van der Waals surface area contributed by atoms with Gasteiger partial charge in [-0.1, -0.05) is 36.7 Å². The summed E-state index contributed by atoms with van der Waals surface area (Å²) in [6.07, 6.45) is 4.29. The number of halogens is 1. The first-order valence-corrected chi connectivity index (χ1v) is 20.1. The smallest absolute Gasteiger partial charge is 0.306 e. The SMILES string of the molecule is C=C.CCN(C)CCCN(C)CCNC(=O)CCC(=O)OC.CCN(C)CCCNC.CCN(C)CCCNC.CO.COC(=O)CCC(=O)NCCBr. The largest absolute Gasteiger partial charge is 0.469 e. The second kappa shape index (κ2) is 55.2. The average molecular weight is 846 g/mol. The van der Waals surface area contributed by atoms with E-state index in [1.807, 2.05) is 21.1 Å². The summed E-state index contributed by atoms with van der Waals surface area (Å²) in [5.74, 6) is -0.935. The Balaban J connectivity index is -0.000000146. The molecule has 0 spiro atoms. The van der Waals surface area contributed by atoms with Crippen molar-refractivity contribution in [1.29, 1.82) is 0 Å². The molecule has 5 N–H and O–H groups in total. The molecule has 0 saturated heterocycles. The first kappa shape index (κ1) is 63.7. The molecule has 0 aliphatic rings. The number of alkyl halides is 1. The standard InChI is InChI=1S/C14H29N3O3.C7H12BrNO3.2C7H18N2.C2H4.CH4O/c1-5-16(2)10-6-11-17(3)12-9-15-13(18)7-8-14(19)20-4;1-12-7(11)3-2-6(10)9-5-4-8;2*1-4-9(3)7-5-6-8-2;2*1-2/h5-12H2,1-4H3,(H,15,18);2-5H2,1H3,(H,9,10);2*8H,4-7H2,1-3H3;1-2H2;2H,1H3. The van der Waals surface area contributed by atoms with Gasteiger partial charge in [0.25, 0.3) is 0 Å². The van der Waals surface area contributed by atoms with Crippen LogP contribution in [0.3, 0.4) is 0 Å². The highest BCUT2D eigenvalue weighted by Crippen LogP contribution is 1.94. The Bertz CT molecular complexity index is 789. The number of likely N-dealkylation sites (N-methyl/N-ethyl adjacent to an activating group) is 1. The number of carbonyl (C=O) groups is 4. The van der Waals surface area contributed by atoms with E-state index < -0.39 is 0 Å². The van der Waals surface area contributed by atoms with Gasteiger partial charge in [-0.25, -0.2) is 0 Å². The molecule has 16 heteroatoms. The summed E-state index contributed by atoms with van der Waals surface area (Å²) in [7, 11) is 16.1. The number of rotatable bonds is 26. The number of amides is 2. The van der Waals surface area contributed by atoms with Crippen molar-refractivity contribution in [2.24, 2.45) is 0 Å². The maximum atomic E-state index is 11.4. The van der Waals surface area contributed by atoms with Crippen LogP contribution < -0.4 is 21.3 Å². The molecule has 0 aliphatic carbocycles. The van der Waals surface area contributed by atoms with Crippen molar-refractivity contribution in [3.8, 4) is 0 Å². The van der Waals surface area contributed by atoms with E-state index in [0.29, 0.717) is 13.1 Å². The predicted molar refractivity (Wildman–Crippen MR) is 230 cm³/mol. The van der Waals surface area contributed by atoms with Gasteiger partial charge in [-0.3, -0.25) is 19.2 Å². The van der Waals surface area contributed by atoms with Crippen LogP contribution in [0, 0.1) is 0 Å². The van der Waals surface area contributed by atoms with Crippen molar-refractivity contribution >= 4 is 39.7 Å². The summed E-state index contributed by atoms with van der Waals surface area (Å²) in [6, 6.07) is 0. The van der Waals surface area contributed by atoms with Crippen LogP contribution in [0.1, 0.15) is 65.7 Å². The minimum atomic E-state index is -0.357. The summed E-state index contributed by atoms with van der Waals surface area (Å²) in [4.78, 5) is 52.9. The lowest BCUT2D eigenvalue weighted by Crippen LogP contribution is -2.34. The lowest BCUT2D eigenvalue weighted by atomic mass is 10.3. The number of esters is 2. The molecule has 0 fully saturated rings. The Morgan fingerprint density at radius 3 is 1.20 bits per heavy atom. The second-order valence-electron chi connectivity index (χ2n) is 11.8. The van der Waals surface area contributed by atoms with Crippen LogP contribution >= 0.6 is 15.9 Å². The fourth-order valence-electron chi connectivity index (χ4n) is 3.63. The van der Waals surface area contributed by atoms with Gasteiger partial charge < -0.3 is 55.4 Å². The third-order valence-electron chi connectivity index (χ3n) is 7.43. The van der Waals surface area contributed by atoms with Crippen LogP contribution in [0.15, 0.2) is 13.2 Å². The normalized spacial score (nSPS) is 9.81. The molecule has 0 saturated carbocycles. The molecule has 2 amide bonds. The van der Waals surface area contributed by atoms with Crippen molar-refractivity contribution in [2.75, 3.05) is 147 Å². The number of ether oxygens (including phenoxy) is 2. The maximum Gasteiger partial charge on any atom is 0.306 e. The highest BCUT2D eigenvalue weighted by atomic mass is 79.9. The third-order valence-corrected chi connectivity index (χ3v) is 7.83. The van der Waals surface area contributed by atoms with Gasteiger partial charge in [-0.15, -0.1) is 13.2 Å². The highest BCUT2D eigenvalue weighted by molar-refractivity contribution is 9.09. The highest BCUT2D eigenvalue weighted by Gasteiger charge is 2.07. The lowest BCUT2D eigenvalue weighted by molar-refractivity contribution is -0.142.